The topological polar surface area (TPSA) is 97.5 Å². The zero-order chi connectivity index (χ0) is 12.3. The SMILES string of the molecule is CCOC(=O)c1noc(C2(O)CCNCC2)n1. The lowest BCUT2D eigenvalue weighted by molar-refractivity contribution is -0.0228. The maximum atomic E-state index is 11.3. The van der Waals surface area contributed by atoms with E-state index in [2.05, 4.69) is 15.5 Å². The summed E-state index contributed by atoms with van der Waals surface area (Å²) in [7, 11) is 0. The lowest BCUT2D eigenvalue weighted by Gasteiger charge is -2.28. The Morgan fingerprint density at radius 3 is 2.94 bits per heavy atom. The number of hydrogen-bond acceptors (Lipinski definition) is 7. The Morgan fingerprint density at radius 2 is 2.29 bits per heavy atom. The van der Waals surface area contributed by atoms with Crippen molar-refractivity contribution in [2.75, 3.05) is 19.7 Å². The number of rotatable bonds is 3. The Morgan fingerprint density at radius 1 is 1.59 bits per heavy atom. The number of esters is 1. The molecule has 2 heterocycles. The third kappa shape index (κ3) is 2.45. The number of piperidine rings is 1. The highest BCUT2D eigenvalue weighted by molar-refractivity contribution is 5.84. The van der Waals surface area contributed by atoms with Crippen LogP contribution in [-0.4, -0.2) is 40.9 Å². The minimum atomic E-state index is -1.14. The van der Waals surface area contributed by atoms with Gasteiger partial charge in [0.25, 0.3) is 11.7 Å². The van der Waals surface area contributed by atoms with Crippen LogP contribution in [0.25, 0.3) is 0 Å². The summed E-state index contributed by atoms with van der Waals surface area (Å²) in [6, 6.07) is 0. The van der Waals surface area contributed by atoms with E-state index in [1.807, 2.05) is 0 Å². The molecular weight excluding hydrogens is 226 g/mol. The monoisotopic (exact) mass is 241 g/mol. The number of ether oxygens (including phenoxy) is 1. The zero-order valence-corrected chi connectivity index (χ0v) is 9.60. The molecule has 1 fully saturated rings. The Bertz CT molecular complexity index is 398. The summed E-state index contributed by atoms with van der Waals surface area (Å²) in [5, 5.41) is 16.9. The maximum Gasteiger partial charge on any atom is 0.379 e. The highest BCUT2D eigenvalue weighted by Crippen LogP contribution is 2.28. The summed E-state index contributed by atoms with van der Waals surface area (Å²) < 4.78 is 9.68. The van der Waals surface area contributed by atoms with Crippen LogP contribution in [-0.2, 0) is 10.3 Å². The molecule has 0 radical (unpaired) electrons. The molecule has 7 heteroatoms. The summed E-state index contributed by atoms with van der Waals surface area (Å²) in [6.07, 6.45) is 0.967. The summed E-state index contributed by atoms with van der Waals surface area (Å²) in [4.78, 5) is 15.2. The van der Waals surface area contributed by atoms with Crippen LogP contribution < -0.4 is 5.32 Å². The quantitative estimate of drug-likeness (QED) is 0.708. The van der Waals surface area contributed by atoms with Crippen LogP contribution >= 0.6 is 0 Å². The van der Waals surface area contributed by atoms with E-state index >= 15 is 0 Å². The van der Waals surface area contributed by atoms with Crippen molar-refractivity contribution < 1.29 is 19.2 Å². The maximum absolute atomic E-state index is 11.3. The number of aromatic nitrogens is 2. The van der Waals surface area contributed by atoms with Crippen molar-refractivity contribution in [3.63, 3.8) is 0 Å². The Hall–Kier alpha value is -1.47. The molecule has 0 saturated carbocycles. The Balaban J connectivity index is 2.14. The molecule has 1 aliphatic heterocycles. The number of nitrogens with one attached hydrogen (secondary N) is 1. The molecular formula is C10H15N3O4. The molecule has 0 spiro atoms. The molecule has 0 unspecified atom stereocenters. The molecule has 2 rings (SSSR count). The molecule has 17 heavy (non-hydrogen) atoms. The first kappa shape index (κ1) is 12.0. The second-order valence-electron chi connectivity index (χ2n) is 3.93. The minimum absolute atomic E-state index is 0.0852. The van der Waals surface area contributed by atoms with E-state index in [4.69, 9.17) is 9.26 Å². The molecule has 2 N–H and O–H groups in total. The molecule has 1 saturated heterocycles. The highest BCUT2D eigenvalue weighted by atomic mass is 16.5. The predicted molar refractivity (Wildman–Crippen MR) is 56.3 cm³/mol. The summed E-state index contributed by atoms with van der Waals surface area (Å²) in [5.41, 5.74) is -1.14. The van der Waals surface area contributed by atoms with E-state index in [0.29, 0.717) is 25.9 Å². The van der Waals surface area contributed by atoms with Crippen molar-refractivity contribution in [2.24, 2.45) is 0 Å². The Labute approximate surface area is 98.1 Å². The zero-order valence-electron chi connectivity index (χ0n) is 9.60. The summed E-state index contributed by atoms with van der Waals surface area (Å²) >= 11 is 0. The van der Waals surface area contributed by atoms with Crippen LogP contribution in [0.5, 0.6) is 0 Å². The van der Waals surface area contributed by atoms with Crippen LogP contribution in [0.3, 0.4) is 0 Å². The van der Waals surface area contributed by atoms with Crippen LogP contribution in [0.15, 0.2) is 4.52 Å². The average Bonchev–Trinajstić information content (AvgIpc) is 2.80. The van der Waals surface area contributed by atoms with Crippen LogP contribution in [0.2, 0.25) is 0 Å². The molecule has 1 aromatic rings. The third-order valence-electron chi connectivity index (χ3n) is 2.71. The van der Waals surface area contributed by atoms with Gasteiger partial charge in [-0.2, -0.15) is 4.98 Å². The van der Waals surface area contributed by atoms with Gasteiger partial charge < -0.3 is 19.7 Å². The molecule has 0 aromatic carbocycles. The van der Waals surface area contributed by atoms with Gasteiger partial charge in [-0.1, -0.05) is 0 Å². The fraction of sp³-hybridized carbons (Fsp3) is 0.700. The fourth-order valence-electron chi connectivity index (χ4n) is 1.75. The minimum Gasteiger partial charge on any atom is -0.460 e. The van der Waals surface area contributed by atoms with Gasteiger partial charge in [0, 0.05) is 0 Å². The van der Waals surface area contributed by atoms with Gasteiger partial charge >= 0.3 is 5.97 Å². The van der Waals surface area contributed by atoms with E-state index < -0.39 is 11.6 Å². The lowest BCUT2D eigenvalue weighted by atomic mass is 9.92. The van der Waals surface area contributed by atoms with Crippen LogP contribution in [0, 0.1) is 0 Å². The molecule has 0 aliphatic carbocycles. The molecule has 1 aliphatic rings. The van der Waals surface area contributed by atoms with Gasteiger partial charge in [0.2, 0.25) is 0 Å². The van der Waals surface area contributed by atoms with Gasteiger partial charge in [-0.25, -0.2) is 4.79 Å². The van der Waals surface area contributed by atoms with Crippen LogP contribution in [0.4, 0.5) is 0 Å². The second kappa shape index (κ2) is 4.80. The van der Waals surface area contributed by atoms with Gasteiger partial charge in [0.15, 0.2) is 0 Å². The van der Waals surface area contributed by atoms with Crippen molar-refractivity contribution in [1.82, 2.24) is 15.5 Å². The van der Waals surface area contributed by atoms with Gasteiger partial charge in [-0.3, -0.25) is 0 Å². The van der Waals surface area contributed by atoms with Gasteiger partial charge in [-0.05, 0) is 38.0 Å². The number of nitrogens with zero attached hydrogens (tertiary/aromatic N) is 2. The van der Waals surface area contributed by atoms with Crippen LogP contribution in [0.1, 0.15) is 36.3 Å². The van der Waals surface area contributed by atoms with E-state index in [0.717, 1.165) is 0 Å². The number of hydrogen-bond donors (Lipinski definition) is 2. The average molecular weight is 241 g/mol. The van der Waals surface area contributed by atoms with Crippen molar-refractivity contribution in [3.8, 4) is 0 Å². The van der Waals surface area contributed by atoms with E-state index in [9.17, 15) is 9.90 Å². The molecule has 0 amide bonds. The molecule has 0 bridgehead atoms. The predicted octanol–water partition coefficient (Wildman–Crippen LogP) is -0.183. The smallest absolute Gasteiger partial charge is 0.379 e. The second-order valence-corrected chi connectivity index (χ2v) is 3.93. The van der Waals surface area contributed by atoms with E-state index in [-0.39, 0.29) is 18.3 Å². The first-order valence-corrected chi connectivity index (χ1v) is 5.60. The molecule has 7 nitrogen and oxygen atoms in total. The van der Waals surface area contributed by atoms with E-state index in [1.165, 1.54) is 0 Å². The fourth-order valence-corrected chi connectivity index (χ4v) is 1.75. The largest absolute Gasteiger partial charge is 0.460 e. The first-order chi connectivity index (χ1) is 8.15. The normalized spacial score (nSPS) is 18.9. The van der Waals surface area contributed by atoms with Crippen molar-refractivity contribution in [3.05, 3.63) is 11.7 Å². The lowest BCUT2D eigenvalue weighted by Crippen LogP contribution is -2.40. The Kier molecular flexibility index (Phi) is 3.39. The number of carbonyl (C=O) groups is 1. The van der Waals surface area contributed by atoms with Crippen molar-refractivity contribution in [1.29, 1.82) is 0 Å². The first-order valence-electron chi connectivity index (χ1n) is 5.60. The van der Waals surface area contributed by atoms with Gasteiger partial charge in [0.05, 0.1) is 6.61 Å². The standard InChI is InChI=1S/C10H15N3O4/c1-2-16-8(14)7-12-9(17-13-7)10(15)3-5-11-6-4-10/h11,15H,2-6H2,1H3. The van der Waals surface area contributed by atoms with Crippen molar-refractivity contribution in [2.45, 2.75) is 25.4 Å². The van der Waals surface area contributed by atoms with Gasteiger partial charge in [0.1, 0.15) is 5.60 Å². The molecule has 0 atom stereocenters. The molecule has 1 aromatic heterocycles. The van der Waals surface area contributed by atoms with Gasteiger partial charge in [-0.15, -0.1) is 0 Å². The molecule has 94 valence electrons. The third-order valence-corrected chi connectivity index (χ3v) is 2.71. The number of aliphatic hydroxyl groups is 1. The summed E-state index contributed by atoms with van der Waals surface area (Å²) in [6.45, 7) is 3.29. The van der Waals surface area contributed by atoms with Crippen molar-refractivity contribution >= 4 is 5.97 Å². The number of carbonyl (C=O) groups excluding carboxylic acids is 1. The van der Waals surface area contributed by atoms with E-state index in [1.54, 1.807) is 6.92 Å². The summed E-state index contributed by atoms with van der Waals surface area (Å²) in [5.74, 6) is -0.698. The highest BCUT2D eigenvalue weighted by Gasteiger charge is 2.37.